The quantitative estimate of drug-likeness (QED) is 0.308. The van der Waals surface area contributed by atoms with Crippen LogP contribution in [0.1, 0.15) is 0 Å². The van der Waals surface area contributed by atoms with E-state index >= 15 is 0 Å². The summed E-state index contributed by atoms with van der Waals surface area (Å²) in [6, 6.07) is 14.3. The van der Waals surface area contributed by atoms with Crippen LogP contribution in [0.3, 0.4) is 0 Å². The van der Waals surface area contributed by atoms with E-state index in [0.717, 1.165) is 0 Å². The lowest BCUT2D eigenvalue weighted by molar-refractivity contribution is 0.381. The number of anilines is 4. The molecule has 0 aliphatic heterocycles. The molecule has 2 aromatic carbocycles. The van der Waals surface area contributed by atoms with Crippen molar-refractivity contribution in [1.82, 2.24) is 0 Å². The van der Waals surface area contributed by atoms with E-state index in [4.69, 9.17) is 40.5 Å². The van der Waals surface area contributed by atoms with Gasteiger partial charge >= 0.3 is 10.4 Å². The van der Waals surface area contributed by atoms with E-state index in [1.807, 2.05) is 12.1 Å². The second-order valence-electron chi connectivity index (χ2n) is 3.79. The van der Waals surface area contributed by atoms with E-state index in [2.05, 4.69) is 0 Å². The summed E-state index contributed by atoms with van der Waals surface area (Å²) in [6.07, 6.45) is 0. The lowest BCUT2D eigenvalue weighted by Crippen LogP contribution is -1.89. The molecule has 0 saturated heterocycles. The van der Waals surface area contributed by atoms with Gasteiger partial charge in [0.05, 0.1) is 0 Å². The molecule has 0 bridgehead atoms. The maximum Gasteiger partial charge on any atom is 0.394 e. The van der Waals surface area contributed by atoms with Gasteiger partial charge in [-0.1, -0.05) is 12.1 Å². The molecule has 0 aliphatic carbocycles. The average Bonchev–Trinajstić information content (AvgIpc) is 2.26. The van der Waals surface area contributed by atoms with Crippen LogP contribution in [0.4, 0.5) is 22.7 Å². The maximum atomic E-state index is 8.74. The van der Waals surface area contributed by atoms with Crippen LogP contribution in [0.15, 0.2) is 48.5 Å². The molecule has 2 aromatic rings. The topological polar surface area (TPSA) is 179 Å². The standard InChI is InChI=1S/2C6H8N2.H2O4S/c2*7-5-2-1-3-6(8)4-5;1-5(2,3)4/h2*1-4H,7-8H2;(H2,1,2,3,4). The molecule has 0 atom stereocenters. The molecular formula is C12H18N4O4S. The average molecular weight is 314 g/mol. The molecule has 0 unspecified atom stereocenters. The lowest BCUT2D eigenvalue weighted by atomic mass is 10.3. The number of hydrogen-bond donors (Lipinski definition) is 6. The zero-order valence-electron chi connectivity index (χ0n) is 11.0. The van der Waals surface area contributed by atoms with Gasteiger partial charge in [-0.3, -0.25) is 9.11 Å². The van der Waals surface area contributed by atoms with Crippen LogP contribution in [-0.4, -0.2) is 17.5 Å². The molecule has 0 aliphatic rings. The first kappa shape index (κ1) is 18.5. The highest BCUT2D eigenvalue weighted by Crippen LogP contribution is 2.06. The molecule has 0 spiro atoms. The lowest BCUT2D eigenvalue weighted by Gasteiger charge is -1.91. The molecule has 8 nitrogen and oxygen atoms in total. The predicted octanol–water partition coefficient (Wildman–Crippen LogP) is 1.05. The van der Waals surface area contributed by atoms with Crippen molar-refractivity contribution in [3.05, 3.63) is 48.5 Å². The van der Waals surface area contributed by atoms with Crippen molar-refractivity contribution in [2.75, 3.05) is 22.9 Å². The van der Waals surface area contributed by atoms with Crippen molar-refractivity contribution < 1.29 is 17.5 Å². The van der Waals surface area contributed by atoms with Gasteiger partial charge in [0.1, 0.15) is 0 Å². The largest absolute Gasteiger partial charge is 0.399 e. The zero-order valence-corrected chi connectivity index (χ0v) is 11.9. The Morgan fingerprint density at radius 3 is 0.952 bits per heavy atom. The van der Waals surface area contributed by atoms with Crippen LogP contribution in [0.2, 0.25) is 0 Å². The fourth-order valence-electron chi connectivity index (χ4n) is 1.12. The summed E-state index contributed by atoms with van der Waals surface area (Å²) >= 11 is 0. The van der Waals surface area contributed by atoms with E-state index in [0.29, 0.717) is 22.7 Å². The molecule has 9 heteroatoms. The SMILES string of the molecule is Nc1cccc(N)c1.Nc1cccc(N)c1.O=S(=O)(O)O. The fourth-order valence-corrected chi connectivity index (χ4v) is 1.12. The summed E-state index contributed by atoms with van der Waals surface area (Å²) in [5.41, 5.74) is 24.4. The number of nitrogens with two attached hydrogens (primary N) is 4. The van der Waals surface area contributed by atoms with Crippen LogP contribution in [0.25, 0.3) is 0 Å². The van der Waals surface area contributed by atoms with Gasteiger partial charge in [0.25, 0.3) is 0 Å². The Morgan fingerprint density at radius 2 is 0.857 bits per heavy atom. The molecule has 10 N–H and O–H groups in total. The molecule has 0 aromatic heterocycles. The van der Waals surface area contributed by atoms with Gasteiger partial charge in [-0.25, -0.2) is 0 Å². The minimum absolute atomic E-state index is 0.713. The Kier molecular flexibility index (Phi) is 7.61. The Bertz CT molecular complexity index is 576. The number of nitrogen functional groups attached to an aromatic ring is 4. The Labute approximate surface area is 122 Å². The van der Waals surface area contributed by atoms with Gasteiger partial charge in [0, 0.05) is 22.7 Å². The van der Waals surface area contributed by atoms with E-state index < -0.39 is 10.4 Å². The van der Waals surface area contributed by atoms with Crippen molar-refractivity contribution in [3.8, 4) is 0 Å². The van der Waals surface area contributed by atoms with Gasteiger partial charge in [-0.05, 0) is 36.4 Å². The van der Waals surface area contributed by atoms with Gasteiger partial charge < -0.3 is 22.9 Å². The van der Waals surface area contributed by atoms with Crippen LogP contribution in [0, 0.1) is 0 Å². The van der Waals surface area contributed by atoms with Gasteiger partial charge in [0.15, 0.2) is 0 Å². The second kappa shape index (κ2) is 8.64. The molecule has 21 heavy (non-hydrogen) atoms. The van der Waals surface area contributed by atoms with Crippen molar-refractivity contribution in [3.63, 3.8) is 0 Å². The first-order valence-electron chi connectivity index (χ1n) is 5.50. The normalized spacial score (nSPS) is 9.62. The third kappa shape index (κ3) is 13.7. The predicted molar refractivity (Wildman–Crippen MR) is 84.7 cm³/mol. The highest BCUT2D eigenvalue weighted by Gasteiger charge is 1.85. The van der Waals surface area contributed by atoms with Crippen LogP contribution >= 0.6 is 0 Å². The molecule has 116 valence electrons. The summed E-state index contributed by atoms with van der Waals surface area (Å²) < 4.78 is 31.6. The van der Waals surface area contributed by atoms with Crippen LogP contribution < -0.4 is 22.9 Å². The minimum Gasteiger partial charge on any atom is -0.399 e. The molecule has 0 radical (unpaired) electrons. The first-order valence-corrected chi connectivity index (χ1v) is 6.89. The smallest absolute Gasteiger partial charge is 0.394 e. The number of benzene rings is 2. The zero-order chi connectivity index (χ0) is 16.5. The van der Waals surface area contributed by atoms with E-state index in [1.54, 1.807) is 36.4 Å². The van der Waals surface area contributed by atoms with Crippen LogP contribution in [-0.2, 0) is 10.4 Å². The fraction of sp³-hybridized carbons (Fsp3) is 0. The third-order valence-corrected chi connectivity index (χ3v) is 1.82. The van der Waals surface area contributed by atoms with Crippen LogP contribution in [0.5, 0.6) is 0 Å². The van der Waals surface area contributed by atoms with Crippen molar-refractivity contribution in [1.29, 1.82) is 0 Å². The second-order valence-corrected chi connectivity index (χ2v) is 4.68. The van der Waals surface area contributed by atoms with Gasteiger partial charge in [-0.2, -0.15) is 8.42 Å². The van der Waals surface area contributed by atoms with Crippen molar-refractivity contribution in [2.24, 2.45) is 0 Å². The van der Waals surface area contributed by atoms with Gasteiger partial charge in [-0.15, -0.1) is 0 Å². The molecule has 0 amide bonds. The van der Waals surface area contributed by atoms with E-state index in [9.17, 15) is 0 Å². The Balaban J connectivity index is 0.000000296. The van der Waals surface area contributed by atoms with E-state index in [-0.39, 0.29) is 0 Å². The van der Waals surface area contributed by atoms with Crippen molar-refractivity contribution >= 4 is 33.1 Å². The maximum absolute atomic E-state index is 8.74. The molecule has 0 saturated carbocycles. The highest BCUT2D eigenvalue weighted by atomic mass is 32.3. The van der Waals surface area contributed by atoms with Crippen molar-refractivity contribution in [2.45, 2.75) is 0 Å². The third-order valence-electron chi connectivity index (χ3n) is 1.82. The molecular weight excluding hydrogens is 296 g/mol. The molecule has 2 rings (SSSR count). The Hall–Kier alpha value is -2.49. The summed E-state index contributed by atoms with van der Waals surface area (Å²) in [6.45, 7) is 0. The first-order chi connectivity index (χ1) is 9.58. The summed E-state index contributed by atoms with van der Waals surface area (Å²) in [7, 11) is -4.67. The molecule has 0 heterocycles. The monoisotopic (exact) mass is 314 g/mol. The Morgan fingerprint density at radius 1 is 0.667 bits per heavy atom. The van der Waals surface area contributed by atoms with Gasteiger partial charge in [0.2, 0.25) is 0 Å². The van der Waals surface area contributed by atoms with E-state index in [1.165, 1.54) is 0 Å². The number of rotatable bonds is 0. The molecule has 0 fully saturated rings. The minimum atomic E-state index is -4.67. The summed E-state index contributed by atoms with van der Waals surface area (Å²) in [5, 5.41) is 0. The summed E-state index contributed by atoms with van der Waals surface area (Å²) in [5.74, 6) is 0. The summed E-state index contributed by atoms with van der Waals surface area (Å²) in [4.78, 5) is 0. The number of hydrogen-bond acceptors (Lipinski definition) is 6. The highest BCUT2D eigenvalue weighted by molar-refractivity contribution is 7.79.